The quantitative estimate of drug-likeness (QED) is 0.722. The first-order chi connectivity index (χ1) is 6.66. The average molecular weight is 196 g/mol. The highest BCUT2D eigenvalue weighted by molar-refractivity contribution is 4.85. The highest BCUT2D eigenvalue weighted by atomic mass is 15.1. The van der Waals surface area contributed by atoms with Crippen molar-refractivity contribution in [3.63, 3.8) is 0 Å². The number of rotatable bonds is 5. The van der Waals surface area contributed by atoms with Gasteiger partial charge in [-0.2, -0.15) is 0 Å². The van der Waals surface area contributed by atoms with Gasteiger partial charge in [0.15, 0.2) is 0 Å². The van der Waals surface area contributed by atoms with Crippen LogP contribution in [-0.4, -0.2) is 37.1 Å². The van der Waals surface area contributed by atoms with Gasteiger partial charge in [0.1, 0.15) is 0 Å². The Kier molecular flexibility index (Phi) is 3.13. The van der Waals surface area contributed by atoms with Crippen LogP contribution in [0.15, 0.2) is 0 Å². The largest absolute Gasteiger partial charge is 0.313 e. The zero-order valence-electron chi connectivity index (χ0n) is 9.68. The van der Waals surface area contributed by atoms with Crippen molar-refractivity contribution < 1.29 is 0 Å². The Hall–Kier alpha value is -0.0800. The van der Waals surface area contributed by atoms with Crippen LogP contribution >= 0.6 is 0 Å². The van der Waals surface area contributed by atoms with Crippen LogP contribution in [0.2, 0.25) is 0 Å². The maximum Gasteiger partial charge on any atom is 0.00684 e. The van der Waals surface area contributed by atoms with Crippen molar-refractivity contribution in [1.82, 2.24) is 10.2 Å². The van der Waals surface area contributed by atoms with Gasteiger partial charge in [0.05, 0.1) is 0 Å². The highest BCUT2D eigenvalue weighted by Gasteiger charge is 2.27. The Balaban J connectivity index is 1.69. The number of hydrogen-bond donors (Lipinski definition) is 1. The second-order valence-corrected chi connectivity index (χ2v) is 5.80. The van der Waals surface area contributed by atoms with E-state index in [1.165, 1.54) is 51.9 Å². The summed E-state index contributed by atoms with van der Waals surface area (Å²) in [6, 6.07) is 0.854. The van der Waals surface area contributed by atoms with E-state index in [1.54, 1.807) is 0 Å². The molecule has 0 bridgehead atoms. The topological polar surface area (TPSA) is 15.3 Å². The molecule has 0 radical (unpaired) electrons. The Morgan fingerprint density at radius 3 is 2.43 bits per heavy atom. The third-order valence-corrected chi connectivity index (χ3v) is 3.30. The molecule has 2 nitrogen and oxygen atoms in total. The molecule has 1 aliphatic carbocycles. The van der Waals surface area contributed by atoms with Gasteiger partial charge in [-0.1, -0.05) is 13.8 Å². The first-order valence-corrected chi connectivity index (χ1v) is 6.11. The van der Waals surface area contributed by atoms with Gasteiger partial charge in [-0.15, -0.1) is 0 Å². The summed E-state index contributed by atoms with van der Waals surface area (Å²) in [7, 11) is 0. The molecule has 0 amide bonds. The standard InChI is InChI=1S/C12H24N2/c1-12(2,9-13-11-5-6-11)10-14-7-3-4-8-14/h11,13H,3-10H2,1-2H3. The van der Waals surface area contributed by atoms with E-state index in [0.29, 0.717) is 5.41 Å². The molecular formula is C12H24N2. The first-order valence-electron chi connectivity index (χ1n) is 6.11. The lowest BCUT2D eigenvalue weighted by Crippen LogP contribution is -2.40. The molecule has 0 spiro atoms. The van der Waals surface area contributed by atoms with E-state index in [1.807, 2.05) is 0 Å². The lowest BCUT2D eigenvalue weighted by atomic mass is 9.92. The van der Waals surface area contributed by atoms with Crippen LogP contribution in [0.1, 0.15) is 39.5 Å². The minimum atomic E-state index is 0.451. The van der Waals surface area contributed by atoms with Gasteiger partial charge in [-0.25, -0.2) is 0 Å². The summed E-state index contributed by atoms with van der Waals surface area (Å²) < 4.78 is 0. The smallest absolute Gasteiger partial charge is 0.00684 e. The summed E-state index contributed by atoms with van der Waals surface area (Å²) in [6.45, 7) is 9.89. The summed E-state index contributed by atoms with van der Waals surface area (Å²) in [5.74, 6) is 0. The Morgan fingerprint density at radius 2 is 1.86 bits per heavy atom. The van der Waals surface area contributed by atoms with Gasteiger partial charge in [0.25, 0.3) is 0 Å². The SMILES string of the molecule is CC(C)(CNC1CC1)CN1CCCC1. The third kappa shape index (κ3) is 3.25. The van der Waals surface area contributed by atoms with Gasteiger partial charge < -0.3 is 10.2 Å². The second-order valence-electron chi connectivity index (χ2n) is 5.80. The summed E-state index contributed by atoms with van der Waals surface area (Å²) in [6.07, 6.45) is 5.62. The molecule has 2 aliphatic rings. The number of hydrogen-bond acceptors (Lipinski definition) is 2. The monoisotopic (exact) mass is 196 g/mol. The van der Waals surface area contributed by atoms with Gasteiger partial charge in [0.2, 0.25) is 0 Å². The molecule has 1 saturated heterocycles. The molecule has 2 fully saturated rings. The molecule has 0 unspecified atom stereocenters. The molecule has 82 valence electrons. The number of nitrogens with one attached hydrogen (secondary N) is 1. The minimum Gasteiger partial charge on any atom is -0.313 e. The van der Waals surface area contributed by atoms with E-state index in [0.717, 1.165) is 6.04 Å². The molecule has 1 heterocycles. The molecule has 0 aromatic carbocycles. The summed E-state index contributed by atoms with van der Waals surface area (Å²) in [5.41, 5.74) is 0.451. The third-order valence-electron chi connectivity index (χ3n) is 3.30. The summed E-state index contributed by atoms with van der Waals surface area (Å²) >= 11 is 0. The molecule has 2 heteroatoms. The van der Waals surface area contributed by atoms with E-state index < -0.39 is 0 Å². The predicted octanol–water partition coefficient (Wildman–Crippen LogP) is 1.86. The summed E-state index contributed by atoms with van der Waals surface area (Å²) in [5, 5.41) is 3.64. The second kappa shape index (κ2) is 4.19. The Labute approximate surface area is 88.1 Å². The van der Waals surface area contributed by atoms with Crippen molar-refractivity contribution in [2.75, 3.05) is 26.2 Å². The van der Waals surface area contributed by atoms with Crippen molar-refractivity contribution in [2.45, 2.75) is 45.6 Å². The van der Waals surface area contributed by atoms with Crippen LogP contribution in [0, 0.1) is 5.41 Å². The fourth-order valence-electron chi connectivity index (χ4n) is 2.31. The maximum absolute atomic E-state index is 3.64. The highest BCUT2D eigenvalue weighted by Crippen LogP contribution is 2.23. The van der Waals surface area contributed by atoms with Crippen molar-refractivity contribution in [1.29, 1.82) is 0 Å². The van der Waals surface area contributed by atoms with Crippen LogP contribution in [0.5, 0.6) is 0 Å². The predicted molar refractivity (Wildman–Crippen MR) is 60.5 cm³/mol. The molecule has 1 saturated carbocycles. The van der Waals surface area contributed by atoms with Crippen LogP contribution in [0.25, 0.3) is 0 Å². The average Bonchev–Trinajstić information content (AvgIpc) is 2.82. The molecular weight excluding hydrogens is 172 g/mol. The van der Waals surface area contributed by atoms with Crippen LogP contribution in [0.4, 0.5) is 0 Å². The normalized spacial score (nSPS) is 24.4. The Bertz CT molecular complexity index is 179. The van der Waals surface area contributed by atoms with Gasteiger partial charge in [-0.05, 0) is 44.2 Å². The minimum absolute atomic E-state index is 0.451. The number of likely N-dealkylation sites (tertiary alicyclic amines) is 1. The molecule has 1 N–H and O–H groups in total. The van der Waals surface area contributed by atoms with Crippen LogP contribution in [0.3, 0.4) is 0 Å². The summed E-state index contributed by atoms with van der Waals surface area (Å²) in [4.78, 5) is 2.62. The van der Waals surface area contributed by atoms with Gasteiger partial charge in [-0.3, -0.25) is 0 Å². The molecule has 0 atom stereocenters. The Morgan fingerprint density at radius 1 is 1.21 bits per heavy atom. The molecule has 2 rings (SSSR count). The maximum atomic E-state index is 3.64. The molecule has 0 aromatic heterocycles. The van der Waals surface area contributed by atoms with Crippen LogP contribution in [-0.2, 0) is 0 Å². The van der Waals surface area contributed by atoms with Crippen molar-refractivity contribution in [3.8, 4) is 0 Å². The zero-order valence-corrected chi connectivity index (χ0v) is 9.68. The van der Waals surface area contributed by atoms with E-state index in [9.17, 15) is 0 Å². The van der Waals surface area contributed by atoms with E-state index in [-0.39, 0.29) is 0 Å². The zero-order chi connectivity index (χ0) is 10.0. The van der Waals surface area contributed by atoms with Crippen LogP contribution < -0.4 is 5.32 Å². The van der Waals surface area contributed by atoms with Gasteiger partial charge in [0, 0.05) is 19.1 Å². The number of nitrogens with zero attached hydrogens (tertiary/aromatic N) is 1. The fraction of sp³-hybridized carbons (Fsp3) is 1.00. The van der Waals surface area contributed by atoms with E-state index >= 15 is 0 Å². The molecule has 0 aromatic rings. The fourth-order valence-corrected chi connectivity index (χ4v) is 2.31. The van der Waals surface area contributed by atoms with Crippen molar-refractivity contribution in [2.24, 2.45) is 5.41 Å². The van der Waals surface area contributed by atoms with Gasteiger partial charge >= 0.3 is 0 Å². The first kappa shape index (κ1) is 10.4. The molecule has 14 heavy (non-hydrogen) atoms. The van der Waals surface area contributed by atoms with E-state index in [4.69, 9.17) is 0 Å². The lowest BCUT2D eigenvalue weighted by molar-refractivity contribution is 0.203. The lowest BCUT2D eigenvalue weighted by Gasteiger charge is -2.30. The van der Waals surface area contributed by atoms with Crippen molar-refractivity contribution >= 4 is 0 Å². The van der Waals surface area contributed by atoms with E-state index in [2.05, 4.69) is 24.1 Å². The van der Waals surface area contributed by atoms with Crippen molar-refractivity contribution in [3.05, 3.63) is 0 Å². The molecule has 1 aliphatic heterocycles.